The minimum Gasteiger partial charge on any atom is -0.206 e. The van der Waals surface area contributed by atoms with Crippen LogP contribution in [-0.4, -0.2) is 0 Å². The zero-order chi connectivity index (χ0) is 14.0. The van der Waals surface area contributed by atoms with Crippen molar-refractivity contribution >= 4 is 18.2 Å². The first-order valence-corrected chi connectivity index (χ1v) is 6.65. The maximum Gasteiger partial charge on any atom is 0.130 e. The van der Waals surface area contributed by atoms with Gasteiger partial charge in [-0.25, -0.2) is 4.39 Å². The van der Waals surface area contributed by atoms with E-state index in [-0.39, 0.29) is 5.82 Å². The number of allylic oxidation sites excluding steroid dienone is 1. The van der Waals surface area contributed by atoms with Gasteiger partial charge in [-0.15, -0.1) is 12.6 Å². The van der Waals surface area contributed by atoms with Crippen LogP contribution in [0.2, 0.25) is 0 Å². The smallest absolute Gasteiger partial charge is 0.130 e. The van der Waals surface area contributed by atoms with Crippen LogP contribution in [0.25, 0.3) is 5.57 Å². The van der Waals surface area contributed by atoms with Crippen LogP contribution in [-0.2, 0) is 6.42 Å². The molecule has 2 aromatic carbocycles. The highest BCUT2D eigenvalue weighted by Gasteiger charge is 2.10. The molecule has 0 aliphatic heterocycles. The van der Waals surface area contributed by atoms with Crippen molar-refractivity contribution < 1.29 is 4.39 Å². The third-order valence-electron chi connectivity index (χ3n) is 3.23. The van der Waals surface area contributed by atoms with Gasteiger partial charge in [-0.2, -0.15) is 0 Å². The monoisotopic (exact) mass is 272 g/mol. The van der Waals surface area contributed by atoms with Crippen molar-refractivity contribution in [3.05, 3.63) is 71.0 Å². The lowest BCUT2D eigenvalue weighted by Crippen LogP contribution is -1.98. The minimum atomic E-state index is -0.200. The van der Waals surface area contributed by atoms with E-state index in [0.29, 0.717) is 12.0 Å². The number of rotatable bonds is 3. The molecule has 0 aliphatic carbocycles. The SMILES string of the molecule is C=C(C)c1c(F)cccc1Cc1ccc(S)cc1C. The van der Waals surface area contributed by atoms with Crippen molar-refractivity contribution in [1.82, 2.24) is 0 Å². The summed E-state index contributed by atoms with van der Waals surface area (Å²) in [6.07, 6.45) is 0.708. The van der Waals surface area contributed by atoms with Crippen LogP contribution in [0.5, 0.6) is 0 Å². The van der Waals surface area contributed by atoms with Crippen LogP contribution in [0.4, 0.5) is 4.39 Å². The highest BCUT2D eigenvalue weighted by Crippen LogP contribution is 2.25. The molecule has 0 heterocycles. The summed E-state index contributed by atoms with van der Waals surface area (Å²) < 4.78 is 13.9. The summed E-state index contributed by atoms with van der Waals surface area (Å²) in [6, 6.07) is 11.2. The van der Waals surface area contributed by atoms with E-state index >= 15 is 0 Å². The molecule has 0 fully saturated rings. The molecule has 2 heteroatoms. The predicted molar refractivity (Wildman–Crippen MR) is 82.3 cm³/mol. The molecule has 0 spiro atoms. The number of aryl methyl sites for hydroxylation is 1. The van der Waals surface area contributed by atoms with Gasteiger partial charge in [0.25, 0.3) is 0 Å². The molecule has 0 unspecified atom stereocenters. The van der Waals surface area contributed by atoms with Gasteiger partial charge in [0.2, 0.25) is 0 Å². The van der Waals surface area contributed by atoms with Crippen molar-refractivity contribution in [1.29, 1.82) is 0 Å². The van der Waals surface area contributed by atoms with Crippen molar-refractivity contribution in [3.63, 3.8) is 0 Å². The van der Waals surface area contributed by atoms with Crippen LogP contribution < -0.4 is 0 Å². The summed E-state index contributed by atoms with van der Waals surface area (Å²) in [5, 5.41) is 0. The fraction of sp³-hybridized carbons (Fsp3) is 0.176. The van der Waals surface area contributed by atoms with Crippen LogP contribution in [0, 0.1) is 12.7 Å². The van der Waals surface area contributed by atoms with Crippen molar-refractivity contribution in [2.24, 2.45) is 0 Å². The van der Waals surface area contributed by atoms with Crippen LogP contribution >= 0.6 is 12.6 Å². The Morgan fingerprint density at radius 1 is 1.21 bits per heavy atom. The van der Waals surface area contributed by atoms with E-state index in [0.717, 1.165) is 16.0 Å². The van der Waals surface area contributed by atoms with E-state index in [9.17, 15) is 4.39 Å². The molecule has 0 aliphatic rings. The first-order valence-electron chi connectivity index (χ1n) is 6.21. The molecule has 0 radical (unpaired) electrons. The van der Waals surface area contributed by atoms with E-state index in [1.54, 1.807) is 6.07 Å². The van der Waals surface area contributed by atoms with Crippen LogP contribution in [0.1, 0.15) is 29.2 Å². The molecule has 0 aromatic heterocycles. The summed E-state index contributed by atoms with van der Waals surface area (Å²) in [7, 11) is 0. The van der Waals surface area contributed by atoms with E-state index in [1.165, 1.54) is 17.2 Å². The van der Waals surface area contributed by atoms with Gasteiger partial charge >= 0.3 is 0 Å². The topological polar surface area (TPSA) is 0 Å². The Morgan fingerprint density at radius 3 is 2.58 bits per heavy atom. The molecule has 0 nitrogen and oxygen atoms in total. The highest BCUT2D eigenvalue weighted by molar-refractivity contribution is 7.80. The fourth-order valence-corrected chi connectivity index (χ4v) is 2.55. The molecule has 2 aromatic rings. The van der Waals surface area contributed by atoms with Crippen molar-refractivity contribution in [2.75, 3.05) is 0 Å². The molecule has 0 saturated carbocycles. The maximum atomic E-state index is 13.9. The molecular weight excluding hydrogens is 255 g/mol. The number of hydrogen-bond acceptors (Lipinski definition) is 1. The zero-order valence-electron chi connectivity index (χ0n) is 11.2. The third kappa shape index (κ3) is 3.07. The molecule has 19 heavy (non-hydrogen) atoms. The van der Waals surface area contributed by atoms with Crippen molar-refractivity contribution in [2.45, 2.75) is 25.2 Å². The number of halogens is 1. The fourth-order valence-electron chi connectivity index (χ4n) is 2.28. The molecule has 98 valence electrons. The standard InChI is InChI=1S/C17H17FS/c1-11(2)17-14(5-4-6-16(17)18)10-13-7-8-15(19)9-12(13)3/h4-9,19H,1,10H2,2-3H3. The molecule has 0 N–H and O–H groups in total. The van der Waals surface area contributed by atoms with Gasteiger partial charge in [-0.1, -0.05) is 24.8 Å². The second-order valence-corrected chi connectivity index (χ2v) is 5.36. The van der Waals surface area contributed by atoms with Gasteiger partial charge in [0.1, 0.15) is 5.82 Å². The first kappa shape index (κ1) is 13.9. The Labute approximate surface area is 119 Å². The second kappa shape index (κ2) is 5.62. The predicted octanol–water partition coefficient (Wildman–Crippen LogP) is 5.05. The quantitative estimate of drug-likeness (QED) is 0.743. The maximum absolute atomic E-state index is 13.9. The molecule has 0 atom stereocenters. The third-order valence-corrected chi connectivity index (χ3v) is 3.51. The molecule has 2 rings (SSSR count). The Balaban J connectivity index is 2.44. The Hall–Kier alpha value is -1.54. The van der Waals surface area contributed by atoms with Gasteiger partial charge in [-0.3, -0.25) is 0 Å². The first-order chi connectivity index (χ1) is 8.99. The summed E-state index contributed by atoms with van der Waals surface area (Å²) in [5.74, 6) is -0.200. The van der Waals surface area contributed by atoms with Gasteiger partial charge < -0.3 is 0 Å². The number of benzene rings is 2. The number of hydrogen-bond donors (Lipinski definition) is 1. The van der Waals surface area contributed by atoms with E-state index < -0.39 is 0 Å². The van der Waals surface area contributed by atoms with Crippen molar-refractivity contribution in [3.8, 4) is 0 Å². The molecular formula is C17H17FS. The lowest BCUT2D eigenvalue weighted by molar-refractivity contribution is 0.622. The Bertz CT molecular complexity index is 629. The summed E-state index contributed by atoms with van der Waals surface area (Å²) in [5.41, 5.74) is 4.73. The largest absolute Gasteiger partial charge is 0.206 e. The summed E-state index contributed by atoms with van der Waals surface area (Å²) >= 11 is 4.32. The van der Waals surface area contributed by atoms with Gasteiger partial charge in [-0.05, 0) is 60.7 Å². The molecule has 0 saturated heterocycles. The summed E-state index contributed by atoms with van der Waals surface area (Å²) in [4.78, 5) is 0.945. The van der Waals surface area contributed by atoms with Gasteiger partial charge in [0.05, 0.1) is 0 Å². The van der Waals surface area contributed by atoms with Crippen LogP contribution in [0.3, 0.4) is 0 Å². The number of thiol groups is 1. The Kier molecular flexibility index (Phi) is 4.11. The second-order valence-electron chi connectivity index (χ2n) is 4.84. The average Bonchev–Trinajstić information content (AvgIpc) is 2.32. The Morgan fingerprint density at radius 2 is 1.95 bits per heavy atom. The van der Waals surface area contributed by atoms with E-state index in [1.807, 2.05) is 31.2 Å². The molecule has 0 amide bonds. The highest BCUT2D eigenvalue weighted by atomic mass is 32.1. The summed E-state index contributed by atoms with van der Waals surface area (Å²) in [6.45, 7) is 7.76. The minimum absolute atomic E-state index is 0.200. The van der Waals surface area contributed by atoms with Crippen LogP contribution in [0.15, 0.2) is 47.9 Å². The lowest BCUT2D eigenvalue weighted by Gasteiger charge is -2.12. The molecule has 0 bridgehead atoms. The van der Waals surface area contributed by atoms with E-state index in [4.69, 9.17) is 0 Å². The average molecular weight is 272 g/mol. The lowest BCUT2D eigenvalue weighted by atomic mass is 9.94. The zero-order valence-corrected chi connectivity index (χ0v) is 12.1. The van der Waals surface area contributed by atoms with Gasteiger partial charge in [0, 0.05) is 10.5 Å². The van der Waals surface area contributed by atoms with E-state index in [2.05, 4.69) is 26.1 Å². The normalized spacial score (nSPS) is 10.5. The van der Waals surface area contributed by atoms with Gasteiger partial charge in [0.15, 0.2) is 0 Å².